The minimum atomic E-state index is -4.74. The molecule has 1 fully saturated rings. The lowest BCUT2D eigenvalue weighted by Gasteiger charge is -2.25. The molecular formula is C22H23F3N4O6. The molecule has 1 N–H and O–H groups in total. The molecule has 0 unspecified atom stereocenters. The maximum Gasteiger partial charge on any atom is 0.416 e. The van der Waals surface area contributed by atoms with E-state index in [1.807, 2.05) is 4.90 Å². The molecular weight excluding hydrogens is 473 g/mol. The Morgan fingerprint density at radius 3 is 2.57 bits per heavy atom. The van der Waals surface area contributed by atoms with Gasteiger partial charge in [-0.2, -0.15) is 18.3 Å². The van der Waals surface area contributed by atoms with Gasteiger partial charge in [-0.05, 0) is 42.8 Å². The fourth-order valence-electron chi connectivity index (χ4n) is 3.18. The van der Waals surface area contributed by atoms with Crippen LogP contribution >= 0.6 is 0 Å². The zero-order valence-corrected chi connectivity index (χ0v) is 18.7. The van der Waals surface area contributed by atoms with E-state index in [0.29, 0.717) is 44.0 Å². The van der Waals surface area contributed by atoms with Crippen LogP contribution in [-0.2, 0) is 15.7 Å². The van der Waals surface area contributed by atoms with Crippen molar-refractivity contribution < 1.29 is 37.1 Å². The van der Waals surface area contributed by atoms with Crippen molar-refractivity contribution in [3.8, 4) is 17.2 Å². The highest BCUT2D eigenvalue weighted by molar-refractivity contribution is 5.84. The van der Waals surface area contributed by atoms with Gasteiger partial charge in [0.15, 0.2) is 11.5 Å². The molecule has 0 atom stereocenters. The summed E-state index contributed by atoms with van der Waals surface area (Å²) in [6.07, 6.45) is -3.36. The third-order valence-corrected chi connectivity index (χ3v) is 4.84. The molecule has 1 saturated heterocycles. The average molecular weight is 496 g/mol. The molecule has 0 radical (unpaired) electrons. The Labute approximate surface area is 198 Å². The highest BCUT2D eigenvalue weighted by atomic mass is 19.4. The van der Waals surface area contributed by atoms with Crippen molar-refractivity contribution >= 4 is 17.8 Å². The lowest BCUT2D eigenvalue weighted by Crippen LogP contribution is -2.42. The lowest BCUT2D eigenvalue weighted by atomic mass is 10.1. The van der Waals surface area contributed by atoms with Crippen LogP contribution in [0.2, 0.25) is 0 Å². The molecule has 2 aromatic carbocycles. The van der Waals surface area contributed by atoms with Gasteiger partial charge in [0, 0.05) is 19.2 Å². The SMILES string of the molecule is CCOc1cc(/C=N/NC(=O)CN2CCOCC2)ccc1Oc1ccc(C(F)(F)F)cc1[N+](=O)[O-]. The number of carbonyl (C=O) groups is 1. The van der Waals surface area contributed by atoms with Gasteiger partial charge in [-0.25, -0.2) is 5.43 Å². The first-order chi connectivity index (χ1) is 16.7. The lowest BCUT2D eigenvalue weighted by molar-refractivity contribution is -0.385. The predicted molar refractivity (Wildman–Crippen MR) is 119 cm³/mol. The van der Waals surface area contributed by atoms with Gasteiger partial charge in [0.1, 0.15) is 0 Å². The molecule has 35 heavy (non-hydrogen) atoms. The summed E-state index contributed by atoms with van der Waals surface area (Å²) in [5.41, 5.74) is 0.953. The Morgan fingerprint density at radius 2 is 1.91 bits per heavy atom. The number of benzene rings is 2. The molecule has 1 aliphatic rings. The van der Waals surface area contributed by atoms with E-state index < -0.39 is 22.4 Å². The number of hydrazone groups is 1. The number of nitro groups is 1. The Balaban J connectivity index is 1.73. The summed E-state index contributed by atoms with van der Waals surface area (Å²) in [7, 11) is 0. The van der Waals surface area contributed by atoms with E-state index in [2.05, 4.69) is 10.5 Å². The van der Waals surface area contributed by atoms with E-state index in [9.17, 15) is 28.1 Å². The number of amides is 1. The number of rotatable bonds is 9. The molecule has 0 spiro atoms. The van der Waals surface area contributed by atoms with Crippen LogP contribution in [0.5, 0.6) is 17.2 Å². The molecule has 0 saturated carbocycles. The van der Waals surface area contributed by atoms with Crippen molar-refractivity contribution in [2.45, 2.75) is 13.1 Å². The van der Waals surface area contributed by atoms with Crippen LogP contribution in [-0.4, -0.2) is 61.4 Å². The average Bonchev–Trinajstić information content (AvgIpc) is 2.81. The van der Waals surface area contributed by atoms with Crippen LogP contribution in [0.15, 0.2) is 41.5 Å². The Morgan fingerprint density at radius 1 is 1.20 bits per heavy atom. The van der Waals surface area contributed by atoms with Crippen LogP contribution in [0.4, 0.5) is 18.9 Å². The molecule has 3 rings (SSSR count). The molecule has 1 aliphatic heterocycles. The van der Waals surface area contributed by atoms with Crippen molar-refractivity contribution in [3.63, 3.8) is 0 Å². The van der Waals surface area contributed by atoms with E-state index in [1.54, 1.807) is 13.0 Å². The molecule has 2 aromatic rings. The molecule has 1 amide bonds. The van der Waals surface area contributed by atoms with Crippen molar-refractivity contribution in [2.24, 2.45) is 5.10 Å². The second kappa shape index (κ2) is 11.6. The minimum Gasteiger partial charge on any atom is -0.490 e. The maximum atomic E-state index is 12.9. The number of nitrogens with zero attached hydrogens (tertiary/aromatic N) is 3. The fourth-order valence-corrected chi connectivity index (χ4v) is 3.18. The summed E-state index contributed by atoms with van der Waals surface area (Å²) >= 11 is 0. The summed E-state index contributed by atoms with van der Waals surface area (Å²) in [5.74, 6) is -0.419. The van der Waals surface area contributed by atoms with Crippen LogP contribution in [0, 0.1) is 10.1 Å². The number of alkyl halides is 3. The highest BCUT2D eigenvalue weighted by Gasteiger charge is 2.33. The number of halogens is 3. The second-order valence-corrected chi connectivity index (χ2v) is 7.36. The van der Waals surface area contributed by atoms with Gasteiger partial charge < -0.3 is 14.2 Å². The molecule has 13 heteroatoms. The molecule has 10 nitrogen and oxygen atoms in total. The van der Waals surface area contributed by atoms with Crippen LogP contribution in [0.25, 0.3) is 0 Å². The van der Waals surface area contributed by atoms with Gasteiger partial charge in [0.2, 0.25) is 5.75 Å². The standard InChI is InChI=1S/C22H23F3N4O6/c1-2-34-20-11-15(13-26-27-21(30)14-28-7-9-33-10-8-28)3-5-19(20)35-18-6-4-16(22(23,24)25)12-17(18)29(31)32/h3-6,11-13H,2,7-10,14H2,1H3,(H,27,30)/b26-13+. The largest absolute Gasteiger partial charge is 0.490 e. The van der Waals surface area contributed by atoms with Crippen LogP contribution in [0.1, 0.15) is 18.1 Å². The number of carbonyl (C=O) groups excluding carboxylic acids is 1. The number of hydrogen-bond acceptors (Lipinski definition) is 8. The first-order valence-electron chi connectivity index (χ1n) is 10.6. The topological polar surface area (TPSA) is 116 Å². The first kappa shape index (κ1) is 25.9. The molecule has 0 bridgehead atoms. The Hall–Kier alpha value is -3.71. The van der Waals surface area contributed by atoms with Gasteiger partial charge in [-0.3, -0.25) is 19.8 Å². The number of morpholine rings is 1. The normalized spacial score (nSPS) is 14.6. The van der Waals surface area contributed by atoms with Gasteiger partial charge >= 0.3 is 11.9 Å². The minimum absolute atomic E-state index is 0.0585. The zero-order valence-electron chi connectivity index (χ0n) is 18.7. The summed E-state index contributed by atoms with van der Waals surface area (Å²) in [4.78, 5) is 24.3. The number of ether oxygens (including phenoxy) is 3. The van der Waals surface area contributed by atoms with Crippen molar-refractivity contribution in [1.29, 1.82) is 0 Å². The van der Waals surface area contributed by atoms with Crippen molar-refractivity contribution in [3.05, 3.63) is 57.6 Å². The van der Waals surface area contributed by atoms with E-state index in [4.69, 9.17) is 14.2 Å². The number of hydrogen-bond donors (Lipinski definition) is 1. The quantitative estimate of drug-likeness (QED) is 0.321. The first-order valence-corrected chi connectivity index (χ1v) is 10.6. The third kappa shape index (κ3) is 7.39. The number of nitro benzene ring substituents is 1. The third-order valence-electron chi connectivity index (χ3n) is 4.84. The predicted octanol–water partition coefficient (Wildman–Crippen LogP) is 3.59. The number of nitrogens with one attached hydrogen (secondary N) is 1. The van der Waals surface area contributed by atoms with Gasteiger partial charge in [-0.15, -0.1) is 0 Å². The summed E-state index contributed by atoms with van der Waals surface area (Å²) in [5, 5.41) is 15.2. The van der Waals surface area contributed by atoms with E-state index in [-0.39, 0.29) is 36.3 Å². The monoisotopic (exact) mass is 496 g/mol. The summed E-state index contributed by atoms with van der Waals surface area (Å²) < 4.78 is 55.1. The Bertz CT molecular complexity index is 1090. The van der Waals surface area contributed by atoms with Gasteiger partial charge in [0.05, 0.1) is 43.1 Å². The smallest absolute Gasteiger partial charge is 0.416 e. The highest BCUT2D eigenvalue weighted by Crippen LogP contribution is 2.40. The van der Waals surface area contributed by atoms with E-state index >= 15 is 0 Å². The molecule has 0 aliphatic carbocycles. The van der Waals surface area contributed by atoms with E-state index in [1.165, 1.54) is 18.3 Å². The van der Waals surface area contributed by atoms with Crippen LogP contribution < -0.4 is 14.9 Å². The Kier molecular flexibility index (Phi) is 8.60. The summed E-state index contributed by atoms with van der Waals surface area (Å²) in [6.45, 7) is 4.57. The van der Waals surface area contributed by atoms with Gasteiger partial charge in [-0.1, -0.05) is 0 Å². The van der Waals surface area contributed by atoms with Crippen molar-refractivity contribution in [2.75, 3.05) is 39.5 Å². The zero-order chi connectivity index (χ0) is 25.4. The van der Waals surface area contributed by atoms with Gasteiger partial charge in [0.25, 0.3) is 5.91 Å². The molecule has 188 valence electrons. The maximum absolute atomic E-state index is 12.9. The molecule has 0 aromatic heterocycles. The second-order valence-electron chi connectivity index (χ2n) is 7.36. The van der Waals surface area contributed by atoms with Crippen LogP contribution in [0.3, 0.4) is 0 Å². The summed E-state index contributed by atoms with van der Waals surface area (Å²) in [6, 6.07) is 6.50. The molecule has 1 heterocycles. The van der Waals surface area contributed by atoms with E-state index in [0.717, 1.165) is 6.07 Å². The van der Waals surface area contributed by atoms with Crippen molar-refractivity contribution in [1.82, 2.24) is 10.3 Å². The fraction of sp³-hybridized carbons (Fsp3) is 0.364.